The first kappa shape index (κ1) is 17.0. The van der Waals surface area contributed by atoms with Crippen LogP contribution >= 0.6 is 11.8 Å². The quantitative estimate of drug-likeness (QED) is 0.538. The summed E-state index contributed by atoms with van der Waals surface area (Å²) in [6, 6.07) is 14.9. The number of benzene rings is 2. The van der Waals surface area contributed by atoms with Gasteiger partial charge in [0.1, 0.15) is 5.75 Å². The molecular formula is C18H17N3O3S. The molecule has 3 aromatic rings. The van der Waals surface area contributed by atoms with Crippen molar-refractivity contribution in [3.05, 3.63) is 59.7 Å². The first-order valence-corrected chi connectivity index (χ1v) is 8.55. The summed E-state index contributed by atoms with van der Waals surface area (Å²) in [4.78, 5) is 16.1. The Morgan fingerprint density at radius 1 is 1.16 bits per heavy atom. The Hall–Kier alpha value is -2.80. The van der Waals surface area contributed by atoms with Crippen LogP contribution in [0.1, 0.15) is 15.9 Å². The zero-order valence-electron chi connectivity index (χ0n) is 13.9. The Labute approximate surface area is 149 Å². The number of H-pyrrole nitrogens is 1. The van der Waals surface area contributed by atoms with E-state index in [2.05, 4.69) is 15.2 Å². The fourth-order valence-electron chi connectivity index (χ4n) is 2.24. The van der Waals surface area contributed by atoms with E-state index in [0.717, 1.165) is 16.9 Å². The zero-order valence-corrected chi connectivity index (χ0v) is 14.7. The standard InChI is InChI=1S/C18H17N3O3S/c1-23-15-8-6-13(7-9-15)16-19-18(21-20-16)25-11-12-4-3-5-14(10-12)17(22)24-2/h3-10H,11H2,1-2H3,(H,19,20,21). The van der Waals surface area contributed by atoms with Gasteiger partial charge in [-0.1, -0.05) is 23.9 Å². The molecular weight excluding hydrogens is 338 g/mol. The molecule has 0 amide bonds. The van der Waals surface area contributed by atoms with Gasteiger partial charge < -0.3 is 9.47 Å². The third-order valence-electron chi connectivity index (χ3n) is 3.54. The van der Waals surface area contributed by atoms with Crippen molar-refractivity contribution >= 4 is 17.7 Å². The van der Waals surface area contributed by atoms with E-state index >= 15 is 0 Å². The number of carbonyl (C=O) groups is 1. The van der Waals surface area contributed by atoms with E-state index in [1.165, 1.54) is 18.9 Å². The molecule has 0 spiro atoms. The highest BCUT2D eigenvalue weighted by Gasteiger charge is 2.09. The highest BCUT2D eigenvalue weighted by Crippen LogP contribution is 2.24. The summed E-state index contributed by atoms with van der Waals surface area (Å²) in [6.07, 6.45) is 0. The van der Waals surface area contributed by atoms with Gasteiger partial charge in [-0.05, 0) is 42.0 Å². The SMILES string of the molecule is COC(=O)c1cccc(CSc2n[nH]c(-c3ccc(OC)cc3)n2)c1. The lowest BCUT2D eigenvalue weighted by Crippen LogP contribution is -2.01. The van der Waals surface area contributed by atoms with Gasteiger partial charge in [0.2, 0.25) is 5.16 Å². The molecule has 7 heteroatoms. The Morgan fingerprint density at radius 2 is 1.96 bits per heavy atom. The molecule has 6 nitrogen and oxygen atoms in total. The molecule has 1 aromatic heterocycles. The van der Waals surface area contributed by atoms with E-state index in [9.17, 15) is 4.79 Å². The molecule has 0 aliphatic heterocycles. The molecule has 0 saturated heterocycles. The summed E-state index contributed by atoms with van der Waals surface area (Å²) < 4.78 is 9.89. The van der Waals surface area contributed by atoms with E-state index in [1.54, 1.807) is 13.2 Å². The van der Waals surface area contributed by atoms with Gasteiger partial charge in [0.15, 0.2) is 5.82 Å². The van der Waals surface area contributed by atoms with Crippen LogP contribution in [0, 0.1) is 0 Å². The van der Waals surface area contributed by atoms with Crippen LogP contribution in [-0.4, -0.2) is 35.4 Å². The molecule has 0 unspecified atom stereocenters. The number of aromatic amines is 1. The van der Waals surface area contributed by atoms with Gasteiger partial charge in [0, 0.05) is 11.3 Å². The molecule has 1 heterocycles. The van der Waals surface area contributed by atoms with Gasteiger partial charge >= 0.3 is 5.97 Å². The predicted molar refractivity (Wildman–Crippen MR) is 95.7 cm³/mol. The number of rotatable bonds is 6. The van der Waals surface area contributed by atoms with Crippen LogP contribution in [0.3, 0.4) is 0 Å². The monoisotopic (exact) mass is 355 g/mol. The Kier molecular flexibility index (Phi) is 5.35. The zero-order chi connectivity index (χ0) is 17.6. The Bertz CT molecular complexity index is 862. The average Bonchev–Trinajstić information content (AvgIpc) is 3.15. The van der Waals surface area contributed by atoms with Crippen LogP contribution in [-0.2, 0) is 10.5 Å². The van der Waals surface area contributed by atoms with Crippen LogP contribution in [0.15, 0.2) is 53.7 Å². The minimum Gasteiger partial charge on any atom is -0.497 e. The minimum atomic E-state index is -0.341. The van der Waals surface area contributed by atoms with Gasteiger partial charge in [-0.15, -0.1) is 5.10 Å². The van der Waals surface area contributed by atoms with E-state index in [0.29, 0.717) is 22.3 Å². The average molecular weight is 355 g/mol. The van der Waals surface area contributed by atoms with Gasteiger partial charge in [-0.25, -0.2) is 9.78 Å². The third kappa shape index (κ3) is 4.19. The lowest BCUT2D eigenvalue weighted by atomic mass is 10.1. The minimum absolute atomic E-state index is 0.341. The topological polar surface area (TPSA) is 77.1 Å². The number of ether oxygens (including phenoxy) is 2. The number of hydrogen-bond acceptors (Lipinski definition) is 6. The Morgan fingerprint density at radius 3 is 2.68 bits per heavy atom. The number of carbonyl (C=O) groups excluding carboxylic acids is 1. The molecule has 0 fully saturated rings. The third-order valence-corrected chi connectivity index (χ3v) is 4.46. The highest BCUT2D eigenvalue weighted by molar-refractivity contribution is 7.98. The number of esters is 1. The second-order valence-corrected chi connectivity index (χ2v) is 6.12. The molecule has 128 valence electrons. The van der Waals surface area contributed by atoms with E-state index in [1.807, 2.05) is 42.5 Å². The maximum atomic E-state index is 11.6. The molecule has 0 atom stereocenters. The number of nitrogens with one attached hydrogen (secondary N) is 1. The summed E-state index contributed by atoms with van der Waals surface area (Å²) in [5, 5.41) is 7.81. The van der Waals surface area contributed by atoms with E-state index in [-0.39, 0.29) is 5.97 Å². The molecule has 0 aliphatic carbocycles. The maximum Gasteiger partial charge on any atom is 0.337 e. The molecule has 0 bridgehead atoms. The second-order valence-electron chi connectivity index (χ2n) is 5.18. The smallest absolute Gasteiger partial charge is 0.337 e. The molecule has 3 rings (SSSR count). The lowest BCUT2D eigenvalue weighted by Gasteiger charge is -2.02. The van der Waals surface area contributed by atoms with Crippen molar-refractivity contribution in [3.8, 4) is 17.1 Å². The normalized spacial score (nSPS) is 10.5. The molecule has 2 aromatic carbocycles. The number of methoxy groups -OCH3 is 2. The number of thioether (sulfide) groups is 1. The van der Waals surface area contributed by atoms with Crippen molar-refractivity contribution in [2.75, 3.05) is 14.2 Å². The van der Waals surface area contributed by atoms with Gasteiger partial charge in [-0.2, -0.15) is 0 Å². The summed E-state index contributed by atoms with van der Waals surface area (Å²) in [7, 11) is 3.01. The van der Waals surface area contributed by atoms with Crippen LogP contribution in [0.4, 0.5) is 0 Å². The number of aromatic nitrogens is 3. The van der Waals surface area contributed by atoms with E-state index in [4.69, 9.17) is 9.47 Å². The first-order valence-electron chi connectivity index (χ1n) is 7.56. The lowest BCUT2D eigenvalue weighted by molar-refractivity contribution is 0.0600. The molecule has 0 aliphatic rings. The van der Waals surface area contributed by atoms with Gasteiger partial charge in [0.25, 0.3) is 0 Å². The fraction of sp³-hybridized carbons (Fsp3) is 0.167. The molecule has 0 radical (unpaired) electrons. The second kappa shape index (κ2) is 7.85. The first-order chi connectivity index (χ1) is 12.2. The Balaban J connectivity index is 1.66. The van der Waals surface area contributed by atoms with Gasteiger partial charge in [-0.3, -0.25) is 5.10 Å². The molecule has 1 N–H and O–H groups in total. The predicted octanol–water partition coefficient (Wildman–Crippen LogP) is 3.56. The maximum absolute atomic E-state index is 11.6. The number of hydrogen-bond donors (Lipinski definition) is 1. The summed E-state index contributed by atoms with van der Waals surface area (Å²) in [6.45, 7) is 0. The van der Waals surface area contributed by atoms with Crippen LogP contribution < -0.4 is 4.74 Å². The van der Waals surface area contributed by atoms with Crippen molar-refractivity contribution in [2.45, 2.75) is 10.9 Å². The summed E-state index contributed by atoms with van der Waals surface area (Å²) in [5.41, 5.74) is 2.48. The molecule has 0 saturated carbocycles. The van der Waals surface area contributed by atoms with Crippen LogP contribution in [0.2, 0.25) is 0 Å². The van der Waals surface area contributed by atoms with E-state index < -0.39 is 0 Å². The van der Waals surface area contributed by atoms with Crippen molar-refractivity contribution in [1.82, 2.24) is 15.2 Å². The van der Waals surface area contributed by atoms with Crippen molar-refractivity contribution in [2.24, 2.45) is 0 Å². The van der Waals surface area contributed by atoms with Gasteiger partial charge in [0.05, 0.1) is 19.8 Å². The van der Waals surface area contributed by atoms with Crippen molar-refractivity contribution in [1.29, 1.82) is 0 Å². The largest absolute Gasteiger partial charge is 0.497 e. The van der Waals surface area contributed by atoms with Crippen LogP contribution in [0.25, 0.3) is 11.4 Å². The van der Waals surface area contributed by atoms with Crippen LogP contribution in [0.5, 0.6) is 5.75 Å². The number of nitrogens with zero attached hydrogens (tertiary/aromatic N) is 2. The summed E-state index contributed by atoms with van der Waals surface area (Å²) >= 11 is 1.49. The molecule has 25 heavy (non-hydrogen) atoms. The fourth-order valence-corrected chi connectivity index (χ4v) is 2.98. The van der Waals surface area contributed by atoms with Crippen molar-refractivity contribution < 1.29 is 14.3 Å². The van der Waals surface area contributed by atoms with Crippen molar-refractivity contribution in [3.63, 3.8) is 0 Å². The summed E-state index contributed by atoms with van der Waals surface area (Å²) in [5.74, 6) is 1.81. The highest BCUT2D eigenvalue weighted by atomic mass is 32.2.